The largest absolute Gasteiger partial charge is 0.465 e. The van der Waals surface area contributed by atoms with E-state index in [1.807, 2.05) is 6.07 Å². The number of aryl methyl sites for hydroxylation is 1. The molecule has 0 aliphatic rings. The van der Waals surface area contributed by atoms with Gasteiger partial charge in [0.25, 0.3) is 5.56 Å². The number of aromatic nitrogens is 1. The summed E-state index contributed by atoms with van der Waals surface area (Å²) in [6.07, 6.45) is 0. The molecule has 0 unspecified atom stereocenters. The molecular weight excluding hydrogens is 324 g/mol. The lowest BCUT2D eigenvalue weighted by molar-refractivity contribution is -0.156. The summed E-state index contributed by atoms with van der Waals surface area (Å²) >= 11 is 0. The van der Waals surface area contributed by atoms with E-state index in [1.165, 1.54) is 11.6 Å². The number of pyridine rings is 1. The van der Waals surface area contributed by atoms with E-state index in [-0.39, 0.29) is 24.3 Å². The Kier molecular flexibility index (Phi) is 5.55. The van der Waals surface area contributed by atoms with Gasteiger partial charge in [0.1, 0.15) is 11.6 Å². The molecule has 0 fully saturated rings. The number of hydrogen-bond donors (Lipinski definition) is 0. The van der Waals surface area contributed by atoms with Crippen molar-refractivity contribution in [3.8, 4) is 6.07 Å². The molecule has 130 valence electrons. The van der Waals surface area contributed by atoms with Crippen molar-refractivity contribution >= 4 is 22.8 Å². The average Bonchev–Trinajstić information content (AvgIpc) is 2.60. The van der Waals surface area contributed by atoms with E-state index in [2.05, 4.69) is 0 Å². The molecule has 1 aromatic carbocycles. The van der Waals surface area contributed by atoms with E-state index in [1.54, 1.807) is 38.1 Å². The number of nitriles is 1. The van der Waals surface area contributed by atoms with E-state index in [4.69, 9.17) is 9.47 Å². The molecule has 0 atom stereocenters. The monoisotopic (exact) mass is 342 g/mol. The van der Waals surface area contributed by atoms with Crippen LogP contribution in [-0.2, 0) is 26.1 Å². The van der Waals surface area contributed by atoms with Crippen LogP contribution < -0.4 is 5.56 Å². The van der Waals surface area contributed by atoms with Crippen molar-refractivity contribution in [1.29, 1.82) is 5.26 Å². The van der Waals surface area contributed by atoms with Crippen LogP contribution in [-0.4, -0.2) is 29.7 Å². The third-order valence-corrected chi connectivity index (χ3v) is 3.79. The van der Waals surface area contributed by atoms with Crippen LogP contribution in [0.25, 0.3) is 10.9 Å². The maximum absolute atomic E-state index is 12.5. The molecule has 25 heavy (non-hydrogen) atoms. The SMILES string of the molecule is CCOC(=O)C(C(=O)OCC)c1c(C#N)c(=O)n(C)c2ccccc12. The Bertz CT molecular complexity index is 905. The minimum Gasteiger partial charge on any atom is -0.465 e. The fraction of sp³-hybridized carbons (Fsp3) is 0.333. The first-order chi connectivity index (χ1) is 12.0. The van der Waals surface area contributed by atoms with Crippen molar-refractivity contribution in [2.24, 2.45) is 7.05 Å². The molecule has 0 bridgehead atoms. The highest BCUT2D eigenvalue weighted by Crippen LogP contribution is 2.29. The van der Waals surface area contributed by atoms with Crippen LogP contribution in [0.15, 0.2) is 29.1 Å². The molecule has 0 saturated heterocycles. The highest BCUT2D eigenvalue weighted by molar-refractivity contribution is 6.05. The van der Waals surface area contributed by atoms with E-state index in [0.29, 0.717) is 10.9 Å². The molecule has 2 aromatic rings. The first-order valence-electron chi connectivity index (χ1n) is 7.82. The Hall–Kier alpha value is -3.14. The summed E-state index contributed by atoms with van der Waals surface area (Å²) in [6, 6.07) is 8.57. The van der Waals surface area contributed by atoms with E-state index in [9.17, 15) is 19.6 Å². The Morgan fingerprint density at radius 3 is 2.24 bits per heavy atom. The lowest BCUT2D eigenvalue weighted by atomic mass is 9.91. The maximum atomic E-state index is 12.5. The lowest BCUT2D eigenvalue weighted by Crippen LogP contribution is -2.31. The van der Waals surface area contributed by atoms with Gasteiger partial charge in [-0.2, -0.15) is 5.26 Å². The van der Waals surface area contributed by atoms with E-state index >= 15 is 0 Å². The van der Waals surface area contributed by atoms with Gasteiger partial charge in [0, 0.05) is 18.0 Å². The summed E-state index contributed by atoms with van der Waals surface area (Å²) in [7, 11) is 1.53. The predicted molar refractivity (Wildman–Crippen MR) is 89.9 cm³/mol. The fourth-order valence-electron chi connectivity index (χ4n) is 2.71. The Morgan fingerprint density at radius 2 is 1.72 bits per heavy atom. The zero-order chi connectivity index (χ0) is 18.6. The highest BCUT2D eigenvalue weighted by atomic mass is 16.6. The first-order valence-corrected chi connectivity index (χ1v) is 7.82. The molecule has 1 heterocycles. The Labute approximate surface area is 144 Å². The van der Waals surface area contributed by atoms with Crippen molar-refractivity contribution < 1.29 is 19.1 Å². The second-order valence-electron chi connectivity index (χ2n) is 5.22. The second kappa shape index (κ2) is 7.62. The number of ether oxygens (including phenoxy) is 2. The zero-order valence-electron chi connectivity index (χ0n) is 14.2. The highest BCUT2D eigenvalue weighted by Gasteiger charge is 2.36. The summed E-state index contributed by atoms with van der Waals surface area (Å²) in [5.41, 5.74) is -0.333. The number of fused-ring (bicyclic) bond motifs is 1. The molecule has 0 radical (unpaired) electrons. The van der Waals surface area contributed by atoms with Gasteiger partial charge in [-0.3, -0.25) is 14.4 Å². The number of carbonyl (C=O) groups is 2. The zero-order valence-corrected chi connectivity index (χ0v) is 14.2. The van der Waals surface area contributed by atoms with Gasteiger partial charge in [0.15, 0.2) is 5.92 Å². The van der Waals surface area contributed by atoms with Crippen LogP contribution in [0.1, 0.15) is 30.9 Å². The van der Waals surface area contributed by atoms with Crippen molar-refractivity contribution in [3.05, 3.63) is 45.7 Å². The third kappa shape index (κ3) is 3.24. The third-order valence-electron chi connectivity index (χ3n) is 3.79. The van der Waals surface area contributed by atoms with Gasteiger partial charge < -0.3 is 14.0 Å². The summed E-state index contributed by atoms with van der Waals surface area (Å²) < 4.78 is 11.3. The van der Waals surface area contributed by atoms with Gasteiger partial charge in [-0.15, -0.1) is 0 Å². The van der Waals surface area contributed by atoms with Crippen LogP contribution in [0.5, 0.6) is 0 Å². The average molecular weight is 342 g/mol. The molecule has 0 aliphatic heterocycles. The smallest absolute Gasteiger partial charge is 0.324 e. The Morgan fingerprint density at radius 1 is 1.16 bits per heavy atom. The quantitative estimate of drug-likeness (QED) is 0.605. The molecular formula is C18H18N2O5. The number of benzene rings is 1. The molecule has 0 N–H and O–H groups in total. The number of hydrogen-bond acceptors (Lipinski definition) is 6. The van der Waals surface area contributed by atoms with Gasteiger partial charge in [-0.25, -0.2) is 0 Å². The predicted octanol–water partition coefficient (Wildman–Crippen LogP) is 1.62. The van der Waals surface area contributed by atoms with Gasteiger partial charge in [0.05, 0.1) is 18.7 Å². The first kappa shape index (κ1) is 18.2. The molecule has 2 rings (SSSR count). The topological polar surface area (TPSA) is 98.4 Å². The van der Waals surface area contributed by atoms with Crippen molar-refractivity contribution in [1.82, 2.24) is 4.57 Å². The molecule has 0 aliphatic carbocycles. The minimum atomic E-state index is -1.49. The van der Waals surface area contributed by atoms with Crippen LogP contribution in [0.4, 0.5) is 0 Å². The number of rotatable bonds is 5. The van der Waals surface area contributed by atoms with Crippen LogP contribution in [0.2, 0.25) is 0 Å². The fourth-order valence-corrected chi connectivity index (χ4v) is 2.71. The summed E-state index contributed by atoms with van der Waals surface area (Å²) in [5, 5.41) is 9.94. The van der Waals surface area contributed by atoms with Crippen molar-refractivity contribution in [2.75, 3.05) is 13.2 Å². The maximum Gasteiger partial charge on any atom is 0.324 e. The van der Waals surface area contributed by atoms with Crippen LogP contribution in [0, 0.1) is 11.3 Å². The van der Waals surface area contributed by atoms with Gasteiger partial charge in [-0.1, -0.05) is 18.2 Å². The molecule has 7 nitrogen and oxygen atoms in total. The number of carbonyl (C=O) groups excluding carboxylic acids is 2. The summed E-state index contributed by atoms with van der Waals surface area (Å²) in [5.74, 6) is -3.19. The van der Waals surface area contributed by atoms with E-state index < -0.39 is 23.4 Å². The van der Waals surface area contributed by atoms with Crippen molar-refractivity contribution in [2.45, 2.75) is 19.8 Å². The van der Waals surface area contributed by atoms with E-state index in [0.717, 1.165) is 0 Å². The summed E-state index contributed by atoms with van der Waals surface area (Å²) in [4.78, 5) is 37.4. The van der Waals surface area contributed by atoms with Crippen molar-refractivity contribution in [3.63, 3.8) is 0 Å². The second-order valence-corrected chi connectivity index (χ2v) is 5.22. The molecule has 0 amide bonds. The standard InChI is InChI=1S/C18H18N2O5/c1-4-24-17(22)15(18(23)25-5-2)14-11-8-6-7-9-13(11)20(3)16(21)12(14)10-19/h6-9,15H,4-5H2,1-3H3. The van der Waals surface area contributed by atoms with Gasteiger partial charge in [0.2, 0.25) is 0 Å². The Balaban J connectivity index is 2.89. The van der Waals surface area contributed by atoms with Crippen LogP contribution in [0.3, 0.4) is 0 Å². The lowest BCUT2D eigenvalue weighted by Gasteiger charge is -2.19. The number of nitrogens with zero attached hydrogens (tertiary/aromatic N) is 2. The number of esters is 2. The van der Waals surface area contributed by atoms with Gasteiger partial charge in [-0.05, 0) is 19.9 Å². The molecule has 0 spiro atoms. The summed E-state index contributed by atoms with van der Waals surface area (Å²) in [6.45, 7) is 3.32. The van der Waals surface area contributed by atoms with Crippen LogP contribution >= 0.6 is 0 Å². The molecule has 7 heteroatoms. The normalized spacial score (nSPS) is 10.5. The number of para-hydroxylation sites is 1. The molecule has 0 saturated carbocycles. The minimum absolute atomic E-state index is 0.0260. The molecule has 1 aromatic heterocycles. The van der Waals surface area contributed by atoms with Gasteiger partial charge >= 0.3 is 11.9 Å².